The van der Waals surface area contributed by atoms with Gasteiger partial charge in [0.25, 0.3) is 0 Å². The Hall–Kier alpha value is -0.890. The van der Waals surface area contributed by atoms with Crippen molar-refractivity contribution in [1.82, 2.24) is 10.3 Å². The molecule has 2 heterocycles. The first-order valence-electron chi connectivity index (χ1n) is 5.35. The van der Waals surface area contributed by atoms with Gasteiger partial charge in [-0.15, -0.1) is 0 Å². The highest BCUT2D eigenvalue weighted by molar-refractivity contribution is 5.28. The zero-order valence-corrected chi connectivity index (χ0v) is 9.12. The number of nitrogens with one attached hydrogen (secondary N) is 1. The van der Waals surface area contributed by atoms with Crippen molar-refractivity contribution in [1.29, 1.82) is 0 Å². The molecule has 0 amide bonds. The van der Waals surface area contributed by atoms with Crippen LogP contribution in [0.2, 0.25) is 0 Å². The van der Waals surface area contributed by atoms with Gasteiger partial charge >= 0.3 is 0 Å². The summed E-state index contributed by atoms with van der Waals surface area (Å²) in [5.74, 6) is 0.660. The third-order valence-electron chi connectivity index (χ3n) is 3.22. The standard InChI is InChI=1S/C12H18N2/c1-8-7-13-5-4-11(8)12-6-9(2)14-10(12)3/h4-5,7,9-10,12,14H,6H2,1-3H3. The van der Waals surface area contributed by atoms with Crippen LogP contribution in [0.4, 0.5) is 0 Å². The van der Waals surface area contributed by atoms with Crippen LogP contribution in [0.15, 0.2) is 18.5 Å². The van der Waals surface area contributed by atoms with Gasteiger partial charge in [0.2, 0.25) is 0 Å². The summed E-state index contributed by atoms with van der Waals surface area (Å²) in [6.45, 7) is 6.68. The van der Waals surface area contributed by atoms with Crippen LogP contribution in [-0.4, -0.2) is 17.1 Å². The van der Waals surface area contributed by atoms with Crippen LogP contribution in [0.25, 0.3) is 0 Å². The molecule has 1 aliphatic rings. The van der Waals surface area contributed by atoms with Crippen molar-refractivity contribution in [2.45, 2.75) is 45.2 Å². The number of aromatic nitrogens is 1. The topological polar surface area (TPSA) is 24.9 Å². The van der Waals surface area contributed by atoms with Crippen molar-refractivity contribution in [2.75, 3.05) is 0 Å². The minimum absolute atomic E-state index is 0.589. The highest BCUT2D eigenvalue weighted by Crippen LogP contribution is 2.31. The molecule has 3 unspecified atom stereocenters. The van der Waals surface area contributed by atoms with Crippen molar-refractivity contribution in [2.24, 2.45) is 0 Å². The lowest BCUT2D eigenvalue weighted by atomic mass is 9.90. The van der Waals surface area contributed by atoms with Gasteiger partial charge in [0, 0.05) is 30.4 Å². The number of aryl methyl sites for hydroxylation is 1. The van der Waals surface area contributed by atoms with E-state index in [0.717, 1.165) is 0 Å². The summed E-state index contributed by atoms with van der Waals surface area (Å²) in [5, 5.41) is 3.57. The number of pyridine rings is 1. The summed E-state index contributed by atoms with van der Waals surface area (Å²) in [4.78, 5) is 4.14. The van der Waals surface area contributed by atoms with E-state index < -0.39 is 0 Å². The molecule has 0 spiro atoms. The monoisotopic (exact) mass is 190 g/mol. The predicted octanol–water partition coefficient (Wildman–Crippen LogP) is 2.24. The molecule has 1 fully saturated rings. The Morgan fingerprint density at radius 1 is 1.43 bits per heavy atom. The molecular weight excluding hydrogens is 172 g/mol. The van der Waals surface area contributed by atoms with Crippen LogP contribution < -0.4 is 5.32 Å². The largest absolute Gasteiger partial charge is 0.311 e. The van der Waals surface area contributed by atoms with Gasteiger partial charge in [-0.1, -0.05) is 0 Å². The second-order valence-corrected chi connectivity index (χ2v) is 4.43. The average Bonchev–Trinajstić information content (AvgIpc) is 2.46. The van der Waals surface area contributed by atoms with Gasteiger partial charge in [-0.05, 0) is 44.4 Å². The number of rotatable bonds is 1. The van der Waals surface area contributed by atoms with Gasteiger partial charge in [0.15, 0.2) is 0 Å². The Morgan fingerprint density at radius 2 is 2.21 bits per heavy atom. The van der Waals surface area contributed by atoms with Gasteiger partial charge in [-0.3, -0.25) is 4.98 Å². The van der Waals surface area contributed by atoms with E-state index in [0.29, 0.717) is 18.0 Å². The van der Waals surface area contributed by atoms with E-state index in [-0.39, 0.29) is 0 Å². The summed E-state index contributed by atoms with van der Waals surface area (Å²) in [7, 11) is 0. The van der Waals surface area contributed by atoms with Gasteiger partial charge in [-0.25, -0.2) is 0 Å². The van der Waals surface area contributed by atoms with Gasteiger partial charge in [-0.2, -0.15) is 0 Å². The van der Waals surface area contributed by atoms with Crippen LogP contribution in [0.1, 0.15) is 37.3 Å². The van der Waals surface area contributed by atoms with Gasteiger partial charge < -0.3 is 5.32 Å². The molecule has 76 valence electrons. The second kappa shape index (κ2) is 3.70. The Kier molecular flexibility index (Phi) is 2.55. The Balaban J connectivity index is 2.27. The summed E-state index contributed by atoms with van der Waals surface area (Å²) < 4.78 is 0. The molecular formula is C12H18N2. The molecule has 1 N–H and O–H groups in total. The Labute approximate surface area is 85.7 Å². The fraction of sp³-hybridized carbons (Fsp3) is 0.583. The van der Waals surface area contributed by atoms with Gasteiger partial charge in [0.1, 0.15) is 0 Å². The molecule has 1 aromatic heterocycles. The minimum Gasteiger partial charge on any atom is -0.311 e. The molecule has 0 bridgehead atoms. The van der Waals surface area contributed by atoms with E-state index in [1.807, 2.05) is 12.4 Å². The molecule has 1 aromatic rings. The maximum Gasteiger partial charge on any atom is 0.0299 e. The van der Waals surface area contributed by atoms with Gasteiger partial charge in [0.05, 0.1) is 0 Å². The fourth-order valence-corrected chi connectivity index (χ4v) is 2.51. The van der Waals surface area contributed by atoms with E-state index >= 15 is 0 Å². The summed E-state index contributed by atoms with van der Waals surface area (Å²) in [6.07, 6.45) is 5.11. The fourth-order valence-electron chi connectivity index (χ4n) is 2.51. The first-order chi connectivity index (χ1) is 6.68. The molecule has 0 aliphatic carbocycles. The third-order valence-corrected chi connectivity index (χ3v) is 3.22. The maximum absolute atomic E-state index is 4.14. The first kappa shape index (κ1) is 9.66. The highest BCUT2D eigenvalue weighted by atomic mass is 15.0. The van der Waals surface area contributed by atoms with E-state index in [1.165, 1.54) is 17.5 Å². The van der Waals surface area contributed by atoms with Crippen LogP contribution in [0.3, 0.4) is 0 Å². The molecule has 2 heteroatoms. The molecule has 14 heavy (non-hydrogen) atoms. The van der Waals surface area contributed by atoms with Crippen molar-refractivity contribution in [3.8, 4) is 0 Å². The molecule has 1 saturated heterocycles. The molecule has 0 aromatic carbocycles. The second-order valence-electron chi connectivity index (χ2n) is 4.43. The molecule has 1 aliphatic heterocycles. The highest BCUT2D eigenvalue weighted by Gasteiger charge is 2.29. The zero-order valence-electron chi connectivity index (χ0n) is 9.12. The lowest BCUT2D eigenvalue weighted by Crippen LogP contribution is -2.26. The maximum atomic E-state index is 4.14. The lowest BCUT2D eigenvalue weighted by Gasteiger charge is -2.17. The third kappa shape index (κ3) is 1.67. The van der Waals surface area contributed by atoms with E-state index in [2.05, 4.69) is 37.1 Å². The molecule has 0 radical (unpaired) electrons. The number of nitrogens with zero attached hydrogens (tertiary/aromatic N) is 1. The van der Waals surface area contributed by atoms with E-state index in [1.54, 1.807) is 0 Å². The van der Waals surface area contributed by atoms with Crippen LogP contribution in [0, 0.1) is 6.92 Å². The number of hydrogen-bond acceptors (Lipinski definition) is 2. The minimum atomic E-state index is 0.589. The van der Waals surface area contributed by atoms with E-state index in [4.69, 9.17) is 0 Å². The lowest BCUT2D eigenvalue weighted by molar-refractivity contribution is 0.573. The van der Waals surface area contributed by atoms with Crippen LogP contribution in [0.5, 0.6) is 0 Å². The smallest absolute Gasteiger partial charge is 0.0299 e. The first-order valence-corrected chi connectivity index (χ1v) is 5.35. The Bertz CT molecular complexity index is 322. The quantitative estimate of drug-likeness (QED) is 0.734. The SMILES string of the molecule is Cc1cnccc1C1CC(C)NC1C. The molecule has 3 atom stereocenters. The van der Waals surface area contributed by atoms with Crippen molar-refractivity contribution in [3.63, 3.8) is 0 Å². The number of hydrogen-bond donors (Lipinski definition) is 1. The Morgan fingerprint density at radius 3 is 2.79 bits per heavy atom. The van der Waals surface area contributed by atoms with Crippen LogP contribution in [-0.2, 0) is 0 Å². The normalized spacial score (nSPS) is 32.1. The molecule has 0 saturated carbocycles. The zero-order chi connectivity index (χ0) is 10.1. The van der Waals surface area contributed by atoms with Crippen molar-refractivity contribution < 1.29 is 0 Å². The summed E-state index contributed by atoms with van der Waals surface area (Å²) >= 11 is 0. The van der Waals surface area contributed by atoms with Crippen molar-refractivity contribution >= 4 is 0 Å². The summed E-state index contributed by atoms with van der Waals surface area (Å²) in [6, 6.07) is 3.39. The average molecular weight is 190 g/mol. The van der Waals surface area contributed by atoms with Crippen molar-refractivity contribution in [3.05, 3.63) is 29.6 Å². The molecule has 2 nitrogen and oxygen atoms in total. The molecule has 2 rings (SSSR count). The summed E-state index contributed by atoms with van der Waals surface area (Å²) in [5.41, 5.74) is 2.78. The van der Waals surface area contributed by atoms with Crippen LogP contribution >= 0.6 is 0 Å². The predicted molar refractivity (Wildman–Crippen MR) is 58.4 cm³/mol. The van der Waals surface area contributed by atoms with E-state index in [9.17, 15) is 0 Å².